The average Bonchev–Trinajstić information content (AvgIpc) is 3.07. The summed E-state index contributed by atoms with van der Waals surface area (Å²) in [5.74, 6) is 2.85. The van der Waals surface area contributed by atoms with E-state index in [9.17, 15) is 9.59 Å². The van der Waals surface area contributed by atoms with Gasteiger partial charge in [0.2, 0.25) is 11.8 Å². The summed E-state index contributed by atoms with van der Waals surface area (Å²) in [6.45, 7) is 2.10. The van der Waals surface area contributed by atoms with Crippen LogP contribution in [0.5, 0.6) is 5.88 Å². The van der Waals surface area contributed by atoms with Crippen LogP contribution in [0.4, 0.5) is 0 Å². The molecule has 2 amide bonds. The van der Waals surface area contributed by atoms with E-state index >= 15 is 0 Å². The lowest BCUT2D eigenvalue weighted by Gasteiger charge is -2.56. The van der Waals surface area contributed by atoms with Crippen LogP contribution < -0.4 is 15.6 Å². The summed E-state index contributed by atoms with van der Waals surface area (Å²) < 4.78 is 10.5. The van der Waals surface area contributed by atoms with Crippen molar-refractivity contribution >= 4 is 33.4 Å². The summed E-state index contributed by atoms with van der Waals surface area (Å²) in [5.41, 5.74) is 6.16. The molecule has 172 valence electrons. The molecule has 2 aromatic rings. The second-order valence-corrected chi connectivity index (χ2v) is 10.9. The van der Waals surface area contributed by atoms with Crippen LogP contribution in [-0.2, 0) is 16.1 Å². The fourth-order valence-electron chi connectivity index (χ4n) is 6.78. The largest absolute Gasteiger partial charge is 0.480 e. The molecule has 2 N–H and O–H groups in total. The number of hydrogen-bond donors (Lipinski definition) is 2. The Morgan fingerprint density at radius 3 is 2.31 bits per heavy atom. The Bertz CT molecular complexity index is 1030. The van der Waals surface area contributed by atoms with Crippen LogP contribution in [0.15, 0.2) is 0 Å². The molecule has 6 rings (SSSR count). The molecule has 0 saturated heterocycles. The van der Waals surface area contributed by atoms with Gasteiger partial charge in [-0.15, -0.1) is 11.3 Å². The smallest absolute Gasteiger partial charge is 0.280 e. The quantitative estimate of drug-likeness (QED) is 0.642. The molecule has 0 aliphatic heterocycles. The second-order valence-electron chi connectivity index (χ2n) is 9.92. The number of fused-ring (bicyclic) bond motifs is 1. The third-order valence-electron chi connectivity index (χ3n) is 7.49. The number of methoxy groups -OCH3 is 2. The van der Waals surface area contributed by atoms with Crippen molar-refractivity contribution in [2.75, 3.05) is 14.2 Å². The van der Waals surface area contributed by atoms with Gasteiger partial charge in [0.25, 0.3) is 5.91 Å². The lowest BCUT2D eigenvalue weighted by molar-refractivity contribution is -0.130. The standard InChI is InChI=1S/C23H30N4O4S/c1-12-18-21(31-3)24-16(11-30-2)25-22(18)32-19(12)20(29)27-26-17(28)10-23-7-13-4-14(8-23)6-15(5-13)9-23/h13-15H,4-11H2,1-3H3,(H,26,28)(H,27,29). The minimum absolute atomic E-state index is 0.0983. The van der Waals surface area contributed by atoms with Gasteiger partial charge < -0.3 is 9.47 Å². The number of hydrogen-bond acceptors (Lipinski definition) is 7. The lowest BCUT2D eigenvalue weighted by atomic mass is 9.49. The maximum Gasteiger partial charge on any atom is 0.280 e. The Morgan fingerprint density at radius 1 is 1.06 bits per heavy atom. The molecule has 4 aliphatic rings. The first-order valence-electron chi connectivity index (χ1n) is 11.3. The number of aromatic nitrogens is 2. The molecule has 4 saturated carbocycles. The number of thiophene rings is 1. The molecule has 4 fully saturated rings. The molecule has 0 aromatic carbocycles. The molecule has 4 aliphatic carbocycles. The van der Waals surface area contributed by atoms with Crippen LogP contribution in [0.1, 0.15) is 66.0 Å². The van der Waals surface area contributed by atoms with Crippen molar-refractivity contribution in [3.8, 4) is 5.88 Å². The van der Waals surface area contributed by atoms with E-state index in [1.807, 2.05) is 6.92 Å². The zero-order valence-corrected chi connectivity index (χ0v) is 19.6. The van der Waals surface area contributed by atoms with Crippen LogP contribution >= 0.6 is 11.3 Å². The number of ether oxygens (including phenoxy) is 2. The van der Waals surface area contributed by atoms with Crippen molar-refractivity contribution < 1.29 is 19.1 Å². The van der Waals surface area contributed by atoms with Crippen molar-refractivity contribution in [1.82, 2.24) is 20.8 Å². The summed E-state index contributed by atoms with van der Waals surface area (Å²) >= 11 is 1.26. The van der Waals surface area contributed by atoms with Crippen LogP contribution in [0.25, 0.3) is 10.2 Å². The number of nitrogens with zero attached hydrogens (tertiary/aromatic N) is 2. The van der Waals surface area contributed by atoms with Gasteiger partial charge in [-0.05, 0) is 74.2 Å². The Morgan fingerprint density at radius 2 is 1.72 bits per heavy atom. The second kappa shape index (κ2) is 8.26. The molecular weight excluding hydrogens is 428 g/mol. The van der Waals surface area contributed by atoms with Gasteiger partial charge in [-0.1, -0.05) is 0 Å². The molecule has 0 unspecified atom stereocenters. The highest BCUT2D eigenvalue weighted by Gasteiger charge is 2.51. The van der Waals surface area contributed by atoms with Crippen molar-refractivity contribution in [2.45, 2.75) is 58.5 Å². The predicted molar refractivity (Wildman–Crippen MR) is 120 cm³/mol. The van der Waals surface area contributed by atoms with E-state index in [1.54, 1.807) is 14.2 Å². The molecule has 0 radical (unpaired) electrons. The molecule has 4 bridgehead atoms. The van der Waals surface area contributed by atoms with Gasteiger partial charge in [-0.2, -0.15) is 4.98 Å². The fourth-order valence-corrected chi connectivity index (χ4v) is 7.86. The fraction of sp³-hybridized carbons (Fsp3) is 0.652. The van der Waals surface area contributed by atoms with E-state index in [1.165, 1.54) is 49.9 Å². The van der Waals surface area contributed by atoms with E-state index in [0.717, 1.165) is 23.3 Å². The number of nitrogens with one attached hydrogen (secondary N) is 2. The highest BCUT2D eigenvalue weighted by molar-refractivity contribution is 7.20. The predicted octanol–water partition coefficient (Wildman–Crippen LogP) is 3.52. The maximum atomic E-state index is 12.9. The highest BCUT2D eigenvalue weighted by Crippen LogP contribution is 2.61. The number of amides is 2. The first-order valence-corrected chi connectivity index (χ1v) is 12.1. The summed E-state index contributed by atoms with van der Waals surface area (Å²) in [6, 6.07) is 0. The van der Waals surface area contributed by atoms with Crippen LogP contribution in [-0.4, -0.2) is 36.0 Å². The SMILES string of the molecule is COCc1nc(OC)c2c(C)c(C(=O)NNC(=O)CC34CC5CC(CC(C5)C3)C4)sc2n1. The van der Waals surface area contributed by atoms with Gasteiger partial charge in [-0.25, -0.2) is 4.98 Å². The molecular formula is C23H30N4O4S. The number of hydrazine groups is 1. The van der Waals surface area contributed by atoms with Crippen LogP contribution in [0.3, 0.4) is 0 Å². The van der Waals surface area contributed by atoms with Crippen LogP contribution in [0.2, 0.25) is 0 Å². The topological polar surface area (TPSA) is 102 Å². The van der Waals surface area contributed by atoms with E-state index in [0.29, 0.717) is 33.2 Å². The summed E-state index contributed by atoms with van der Waals surface area (Å²) in [7, 11) is 3.12. The van der Waals surface area contributed by atoms with E-state index in [4.69, 9.17) is 9.47 Å². The molecule has 8 nitrogen and oxygen atoms in total. The van der Waals surface area contributed by atoms with Crippen LogP contribution in [0, 0.1) is 30.1 Å². The van der Waals surface area contributed by atoms with Gasteiger partial charge in [0.15, 0.2) is 5.82 Å². The molecule has 0 spiro atoms. The number of carbonyl (C=O) groups excluding carboxylic acids is 2. The number of rotatable bonds is 6. The van der Waals surface area contributed by atoms with Gasteiger partial charge in [0.05, 0.1) is 17.4 Å². The average molecular weight is 459 g/mol. The Hall–Kier alpha value is -2.26. The molecule has 9 heteroatoms. The lowest BCUT2D eigenvalue weighted by Crippen LogP contribution is -2.50. The minimum atomic E-state index is -0.347. The van der Waals surface area contributed by atoms with Crippen molar-refractivity contribution in [1.29, 1.82) is 0 Å². The summed E-state index contributed by atoms with van der Waals surface area (Å²) in [6.07, 6.45) is 8.04. The molecule has 0 atom stereocenters. The highest BCUT2D eigenvalue weighted by atomic mass is 32.1. The third-order valence-corrected chi connectivity index (χ3v) is 8.68. The van der Waals surface area contributed by atoms with Gasteiger partial charge >= 0.3 is 0 Å². The van der Waals surface area contributed by atoms with Crippen molar-refractivity contribution in [2.24, 2.45) is 23.2 Å². The summed E-state index contributed by atoms with van der Waals surface area (Å²) in [4.78, 5) is 35.6. The van der Waals surface area contributed by atoms with Crippen molar-refractivity contribution in [3.63, 3.8) is 0 Å². The first kappa shape index (κ1) is 21.6. The molecule has 2 heterocycles. The Balaban J connectivity index is 1.27. The minimum Gasteiger partial charge on any atom is -0.480 e. The monoisotopic (exact) mass is 458 g/mol. The van der Waals surface area contributed by atoms with E-state index < -0.39 is 0 Å². The normalized spacial score (nSPS) is 28.2. The van der Waals surface area contributed by atoms with Gasteiger partial charge in [0.1, 0.15) is 11.4 Å². The number of aryl methyl sites for hydroxylation is 1. The maximum absolute atomic E-state index is 12.9. The van der Waals surface area contributed by atoms with E-state index in [2.05, 4.69) is 20.8 Å². The van der Waals surface area contributed by atoms with E-state index in [-0.39, 0.29) is 23.8 Å². The third kappa shape index (κ3) is 3.85. The molecule has 2 aromatic heterocycles. The Kier molecular flexibility index (Phi) is 5.57. The zero-order valence-electron chi connectivity index (χ0n) is 18.8. The van der Waals surface area contributed by atoms with Crippen molar-refractivity contribution in [3.05, 3.63) is 16.3 Å². The number of carbonyl (C=O) groups is 2. The molecule has 32 heavy (non-hydrogen) atoms. The first-order chi connectivity index (χ1) is 15.4. The summed E-state index contributed by atoms with van der Waals surface area (Å²) in [5, 5.41) is 0.711. The van der Waals surface area contributed by atoms with Gasteiger partial charge in [-0.3, -0.25) is 20.4 Å². The Labute approximate surface area is 191 Å². The zero-order chi connectivity index (χ0) is 22.5. The van der Waals surface area contributed by atoms with Gasteiger partial charge in [0, 0.05) is 13.5 Å².